The first-order valence-electron chi connectivity index (χ1n) is 9.04. The van der Waals surface area contributed by atoms with Crippen LogP contribution in [-0.4, -0.2) is 66.1 Å². The monoisotopic (exact) mass is 391 g/mol. The molecular weight excluding hydrogens is 366 g/mol. The summed E-state index contributed by atoms with van der Waals surface area (Å²) in [6, 6.07) is 5.13. The van der Waals surface area contributed by atoms with Gasteiger partial charge in [-0.15, -0.1) is 0 Å². The molecule has 0 saturated carbocycles. The van der Waals surface area contributed by atoms with Crippen molar-refractivity contribution in [3.05, 3.63) is 23.9 Å². The Labute approximate surface area is 162 Å². The second-order valence-corrected chi connectivity index (χ2v) is 7.55. The molecule has 1 aliphatic rings. The van der Waals surface area contributed by atoms with Crippen molar-refractivity contribution in [1.82, 2.24) is 9.88 Å². The highest BCUT2D eigenvalue weighted by molar-refractivity contribution is 7.99. The van der Waals surface area contributed by atoms with Crippen LogP contribution in [0.2, 0.25) is 0 Å². The third-order valence-electron chi connectivity index (χ3n) is 4.71. The third-order valence-corrected chi connectivity index (χ3v) is 5.65. The zero-order valence-electron chi connectivity index (χ0n) is 15.8. The number of benzene rings is 1. The highest BCUT2D eigenvalue weighted by Gasteiger charge is 2.26. The van der Waals surface area contributed by atoms with Crippen LogP contribution in [0.1, 0.15) is 24.3 Å². The van der Waals surface area contributed by atoms with Crippen molar-refractivity contribution in [1.29, 1.82) is 0 Å². The number of methoxy groups -OCH3 is 1. The van der Waals surface area contributed by atoms with Crippen LogP contribution < -0.4 is 10.1 Å². The van der Waals surface area contributed by atoms with Gasteiger partial charge in [0.15, 0.2) is 0 Å². The number of thioether (sulfide) groups is 1. The molecule has 1 atom stereocenters. The predicted octanol–water partition coefficient (Wildman–Crippen LogP) is 2.73. The van der Waals surface area contributed by atoms with Gasteiger partial charge in [-0.25, -0.2) is 4.79 Å². The minimum Gasteiger partial charge on any atom is -0.497 e. The molecule has 1 fully saturated rings. The lowest BCUT2D eigenvalue weighted by Gasteiger charge is -2.31. The molecule has 146 valence electrons. The topological polar surface area (TPSA) is 83.7 Å². The number of carbonyl (C=O) groups excluding carboxylic acids is 2. The van der Waals surface area contributed by atoms with Crippen LogP contribution >= 0.6 is 11.8 Å². The van der Waals surface area contributed by atoms with Crippen LogP contribution in [0.4, 0.5) is 5.69 Å². The van der Waals surface area contributed by atoms with Crippen molar-refractivity contribution in [2.75, 3.05) is 43.6 Å². The Hall–Kier alpha value is -2.19. The smallest absolute Gasteiger partial charge is 0.356 e. The first kappa shape index (κ1) is 19.6. The number of nitrogens with one attached hydrogen (secondary N) is 2. The summed E-state index contributed by atoms with van der Waals surface area (Å²) < 4.78 is 10.4. The molecule has 1 amide bonds. The summed E-state index contributed by atoms with van der Waals surface area (Å²) in [5.41, 5.74) is 1.41. The summed E-state index contributed by atoms with van der Waals surface area (Å²) in [6.45, 7) is 5.66. The number of aromatic nitrogens is 1. The Morgan fingerprint density at radius 1 is 1.33 bits per heavy atom. The summed E-state index contributed by atoms with van der Waals surface area (Å²) in [6.07, 6.45) is 0. The molecule has 27 heavy (non-hydrogen) atoms. The Morgan fingerprint density at radius 3 is 2.74 bits per heavy atom. The number of esters is 1. The number of rotatable bonds is 6. The molecular formula is C19H25N3O4S. The quantitative estimate of drug-likeness (QED) is 0.737. The molecule has 0 unspecified atom stereocenters. The molecule has 2 heterocycles. The molecule has 0 aliphatic carbocycles. The standard InChI is InChI=1S/C19H25N3O4S/c1-4-26-19(24)17-16(14-11-13(25-3)5-6-15(14)20-17)21-18(23)12(2)22-7-9-27-10-8-22/h5-6,11-12,20H,4,7-10H2,1-3H3,(H,21,23)/t12-/m1/s1. The second kappa shape index (κ2) is 8.67. The summed E-state index contributed by atoms with van der Waals surface area (Å²) in [7, 11) is 1.58. The minimum atomic E-state index is -0.495. The van der Waals surface area contributed by atoms with E-state index in [9.17, 15) is 9.59 Å². The SMILES string of the molecule is CCOC(=O)c1[nH]c2ccc(OC)cc2c1NC(=O)[C@@H](C)N1CCSCC1. The van der Waals surface area contributed by atoms with Crippen LogP contribution in [0.3, 0.4) is 0 Å². The molecule has 8 heteroatoms. The number of anilines is 1. The van der Waals surface area contributed by atoms with E-state index in [0.717, 1.165) is 30.1 Å². The second-order valence-electron chi connectivity index (χ2n) is 6.32. The van der Waals surface area contributed by atoms with Gasteiger partial charge in [0, 0.05) is 35.5 Å². The van der Waals surface area contributed by atoms with Crippen molar-refractivity contribution in [3.8, 4) is 5.75 Å². The Morgan fingerprint density at radius 2 is 2.07 bits per heavy atom. The van der Waals surface area contributed by atoms with Gasteiger partial charge >= 0.3 is 5.97 Å². The minimum absolute atomic E-state index is 0.142. The fourth-order valence-corrected chi connectivity index (χ4v) is 4.07. The van der Waals surface area contributed by atoms with Gasteiger partial charge in [-0.2, -0.15) is 11.8 Å². The van der Waals surface area contributed by atoms with Crippen LogP contribution in [0, 0.1) is 0 Å². The number of amides is 1. The zero-order chi connectivity index (χ0) is 19.4. The molecule has 1 aromatic heterocycles. The maximum atomic E-state index is 12.9. The van der Waals surface area contributed by atoms with Crippen LogP contribution in [-0.2, 0) is 9.53 Å². The normalized spacial score (nSPS) is 16.1. The van der Waals surface area contributed by atoms with Gasteiger partial charge in [0.25, 0.3) is 0 Å². The van der Waals surface area contributed by atoms with E-state index in [0.29, 0.717) is 16.8 Å². The number of hydrogen-bond donors (Lipinski definition) is 2. The van der Waals surface area contributed by atoms with E-state index in [1.165, 1.54) is 0 Å². The zero-order valence-corrected chi connectivity index (χ0v) is 16.6. The number of fused-ring (bicyclic) bond motifs is 1. The summed E-state index contributed by atoms with van der Waals surface area (Å²) >= 11 is 1.90. The van der Waals surface area contributed by atoms with E-state index in [2.05, 4.69) is 15.2 Å². The molecule has 1 aromatic carbocycles. The molecule has 3 rings (SSSR count). The van der Waals surface area contributed by atoms with Gasteiger partial charge in [0.2, 0.25) is 5.91 Å². The van der Waals surface area contributed by atoms with Crippen LogP contribution in [0.25, 0.3) is 10.9 Å². The Balaban J connectivity index is 1.93. The van der Waals surface area contributed by atoms with Gasteiger partial charge in [-0.3, -0.25) is 9.69 Å². The van der Waals surface area contributed by atoms with Gasteiger partial charge < -0.3 is 19.8 Å². The van der Waals surface area contributed by atoms with E-state index in [4.69, 9.17) is 9.47 Å². The highest BCUT2D eigenvalue weighted by atomic mass is 32.2. The van der Waals surface area contributed by atoms with E-state index in [-0.39, 0.29) is 24.2 Å². The number of H-pyrrole nitrogens is 1. The molecule has 0 bridgehead atoms. The average molecular weight is 391 g/mol. The largest absolute Gasteiger partial charge is 0.497 e. The molecule has 2 N–H and O–H groups in total. The average Bonchev–Trinajstić information content (AvgIpc) is 3.05. The van der Waals surface area contributed by atoms with E-state index >= 15 is 0 Å². The Kier molecular flexibility index (Phi) is 6.28. The molecule has 0 radical (unpaired) electrons. The lowest BCUT2D eigenvalue weighted by molar-refractivity contribution is -0.120. The predicted molar refractivity (Wildman–Crippen MR) is 108 cm³/mol. The Bertz CT molecular complexity index is 830. The van der Waals surface area contributed by atoms with Crippen LogP contribution in [0.5, 0.6) is 5.75 Å². The summed E-state index contributed by atoms with van der Waals surface area (Å²) in [5, 5.41) is 3.66. The fourth-order valence-electron chi connectivity index (χ4n) is 3.14. The van der Waals surface area contributed by atoms with E-state index < -0.39 is 5.97 Å². The first-order valence-corrected chi connectivity index (χ1v) is 10.2. The molecule has 7 nitrogen and oxygen atoms in total. The first-order chi connectivity index (χ1) is 13.0. The molecule has 1 aliphatic heterocycles. The fraction of sp³-hybridized carbons (Fsp3) is 0.474. The molecule has 0 spiro atoms. The lowest BCUT2D eigenvalue weighted by Crippen LogP contribution is -2.46. The van der Waals surface area contributed by atoms with E-state index in [1.807, 2.05) is 24.8 Å². The molecule has 1 saturated heterocycles. The summed E-state index contributed by atoms with van der Waals surface area (Å²) in [5.74, 6) is 2.06. The number of nitrogens with zero attached hydrogens (tertiary/aromatic N) is 1. The van der Waals surface area contributed by atoms with E-state index in [1.54, 1.807) is 26.2 Å². The number of aromatic amines is 1. The van der Waals surface area contributed by atoms with Gasteiger partial charge in [0.05, 0.1) is 25.4 Å². The van der Waals surface area contributed by atoms with Gasteiger partial charge in [-0.05, 0) is 32.0 Å². The van der Waals surface area contributed by atoms with Crippen molar-refractivity contribution >= 4 is 40.2 Å². The van der Waals surface area contributed by atoms with Gasteiger partial charge in [0.1, 0.15) is 11.4 Å². The van der Waals surface area contributed by atoms with Crippen molar-refractivity contribution < 1.29 is 19.1 Å². The third kappa shape index (κ3) is 4.22. The maximum Gasteiger partial charge on any atom is 0.356 e. The lowest BCUT2D eigenvalue weighted by atomic mass is 10.2. The maximum absolute atomic E-state index is 12.9. The van der Waals surface area contributed by atoms with Crippen molar-refractivity contribution in [2.45, 2.75) is 19.9 Å². The van der Waals surface area contributed by atoms with Crippen LogP contribution in [0.15, 0.2) is 18.2 Å². The summed E-state index contributed by atoms with van der Waals surface area (Å²) in [4.78, 5) is 30.5. The van der Waals surface area contributed by atoms with Gasteiger partial charge in [-0.1, -0.05) is 0 Å². The van der Waals surface area contributed by atoms with Crippen molar-refractivity contribution in [2.24, 2.45) is 0 Å². The van der Waals surface area contributed by atoms with Crippen molar-refractivity contribution in [3.63, 3.8) is 0 Å². The molecule has 2 aromatic rings. The number of ether oxygens (including phenoxy) is 2. The highest BCUT2D eigenvalue weighted by Crippen LogP contribution is 2.32. The number of hydrogen-bond acceptors (Lipinski definition) is 6. The number of carbonyl (C=O) groups is 2.